The van der Waals surface area contributed by atoms with Crippen LogP contribution in [0.1, 0.15) is 24.6 Å². The lowest BCUT2D eigenvalue weighted by atomic mass is 9.91. The molecule has 1 aromatic rings. The van der Waals surface area contributed by atoms with Gasteiger partial charge in [-0.3, -0.25) is 4.90 Å². The van der Waals surface area contributed by atoms with Crippen LogP contribution in [0, 0.1) is 6.92 Å². The van der Waals surface area contributed by atoms with Crippen molar-refractivity contribution in [3.05, 3.63) is 11.8 Å². The van der Waals surface area contributed by atoms with Crippen molar-refractivity contribution in [1.82, 2.24) is 15.1 Å². The quantitative estimate of drug-likeness (QED) is 0.872. The van der Waals surface area contributed by atoms with Crippen LogP contribution in [0.15, 0.2) is 4.42 Å². The Morgan fingerprint density at radius 1 is 1.33 bits per heavy atom. The van der Waals surface area contributed by atoms with Crippen LogP contribution in [0.2, 0.25) is 0 Å². The third kappa shape index (κ3) is 2.64. The average Bonchev–Trinajstić information content (AvgIpc) is 2.66. The lowest BCUT2D eigenvalue weighted by molar-refractivity contribution is -0.273. The van der Waals surface area contributed by atoms with Gasteiger partial charge in [0.2, 0.25) is 11.8 Å². The van der Waals surface area contributed by atoms with E-state index in [2.05, 4.69) is 10.2 Å². The minimum Gasteiger partial charge on any atom is -0.424 e. The topological polar surface area (TPSA) is 62.4 Å². The first-order valence-electron chi connectivity index (χ1n) is 5.61. The van der Waals surface area contributed by atoms with E-state index in [-0.39, 0.29) is 25.9 Å². The minimum absolute atomic E-state index is 0.150. The van der Waals surface area contributed by atoms with Crippen LogP contribution in [0.4, 0.5) is 13.2 Å². The number of alkyl halides is 3. The van der Waals surface area contributed by atoms with Gasteiger partial charge in [0.25, 0.3) is 0 Å². The first kappa shape index (κ1) is 13.3. The number of nitrogens with zero attached hydrogens (tertiary/aromatic N) is 3. The molecule has 2 heterocycles. The van der Waals surface area contributed by atoms with E-state index < -0.39 is 11.8 Å². The SMILES string of the molecule is Cc1nnc(CN2CCC(O)(C(F)(F)F)CC2)o1. The lowest BCUT2D eigenvalue weighted by Crippen LogP contribution is -2.53. The van der Waals surface area contributed by atoms with Crippen LogP contribution in [0.25, 0.3) is 0 Å². The summed E-state index contributed by atoms with van der Waals surface area (Å²) in [5.74, 6) is 0.804. The second-order valence-electron chi connectivity index (χ2n) is 4.52. The molecule has 0 amide bonds. The monoisotopic (exact) mass is 265 g/mol. The lowest BCUT2D eigenvalue weighted by Gasteiger charge is -2.38. The van der Waals surface area contributed by atoms with E-state index >= 15 is 0 Å². The smallest absolute Gasteiger partial charge is 0.417 e. The Bertz CT molecular complexity index is 411. The Labute approximate surface area is 102 Å². The third-order valence-corrected chi connectivity index (χ3v) is 3.14. The maximum atomic E-state index is 12.6. The summed E-state index contributed by atoms with van der Waals surface area (Å²) >= 11 is 0. The summed E-state index contributed by atoms with van der Waals surface area (Å²) in [6, 6.07) is 0. The molecular formula is C10H14F3N3O2. The number of likely N-dealkylation sites (tertiary alicyclic amines) is 1. The summed E-state index contributed by atoms with van der Waals surface area (Å²) in [6.45, 7) is 2.26. The van der Waals surface area contributed by atoms with Gasteiger partial charge in [-0.1, -0.05) is 0 Å². The molecule has 1 aliphatic heterocycles. The highest BCUT2D eigenvalue weighted by molar-refractivity contribution is 4.92. The molecule has 2 rings (SSSR count). The van der Waals surface area contributed by atoms with E-state index in [0.717, 1.165) is 0 Å². The van der Waals surface area contributed by atoms with Crippen molar-refractivity contribution in [3.8, 4) is 0 Å². The van der Waals surface area contributed by atoms with Gasteiger partial charge in [0.1, 0.15) is 0 Å². The maximum Gasteiger partial charge on any atom is 0.417 e. The molecule has 5 nitrogen and oxygen atoms in total. The van der Waals surface area contributed by atoms with Crippen molar-refractivity contribution < 1.29 is 22.7 Å². The number of rotatable bonds is 2. The molecule has 0 atom stereocenters. The van der Waals surface area contributed by atoms with Crippen LogP contribution in [0.5, 0.6) is 0 Å². The molecule has 0 spiro atoms. The maximum absolute atomic E-state index is 12.6. The highest BCUT2D eigenvalue weighted by Gasteiger charge is 2.54. The molecule has 18 heavy (non-hydrogen) atoms. The molecule has 0 radical (unpaired) electrons. The first-order valence-corrected chi connectivity index (χ1v) is 5.61. The van der Waals surface area contributed by atoms with Crippen molar-refractivity contribution in [2.45, 2.75) is 38.1 Å². The molecule has 1 aliphatic rings. The first-order chi connectivity index (χ1) is 8.30. The molecule has 1 fully saturated rings. The Morgan fingerprint density at radius 2 is 1.94 bits per heavy atom. The Morgan fingerprint density at radius 3 is 2.39 bits per heavy atom. The summed E-state index contributed by atoms with van der Waals surface area (Å²) in [7, 11) is 0. The van der Waals surface area contributed by atoms with Crippen molar-refractivity contribution in [3.63, 3.8) is 0 Å². The molecule has 0 unspecified atom stereocenters. The zero-order valence-electron chi connectivity index (χ0n) is 9.87. The van der Waals surface area contributed by atoms with E-state index in [1.807, 2.05) is 0 Å². The van der Waals surface area contributed by atoms with E-state index in [1.165, 1.54) is 0 Å². The number of piperidine rings is 1. The van der Waals surface area contributed by atoms with Gasteiger partial charge in [0.15, 0.2) is 5.60 Å². The Kier molecular flexibility index (Phi) is 3.33. The summed E-state index contributed by atoms with van der Waals surface area (Å²) < 4.78 is 42.9. The van der Waals surface area contributed by atoms with Gasteiger partial charge < -0.3 is 9.52 Å². The van der Waals surface area contributed by atoms with Crippen LogP contribution in [-0.4, -0.2) is 45.1 Å². The molecule has 0 aliphatic carbocycles. The normalized spacial score (nSPS) is 21.2. The predicted molar refractivity (Wildman–Crippen MR) is 54.6 cm³/mol. The molecule has 0 saturated carbocycles. The van der Waals surface area contributed by atoms with Crippen molar-refractivity contribution >= 4 is 0 Å². The van der Waals surface area contributed by atoms with E-state index in [4.69, 9.17) is 4.42 Å². The van der Waals surface area contributed by atoms with Crippen molar-refractivity contribution in [2.24, 2.45) is 0 Å². The summed E-state index contributed by atoms with van der Waals surface area (Å²) in [5, 5.41) is 16.9. The molecule has 1 saturated heterocycles. The fourth-order valence-corrected chi connectivity index (χ4v) is 1.96. The summed E-state index contributed by atoms with van der Waals surface area (Å²) in [5.41, 5.74) is -2.56. The van der Waals surface area contributed by atoms with Gasteiger partial charge in [-0.25, -0.2) is 0 Å². The molecule has 1 N–H and O–H groups in total. The van der Waals surface area contributed by atoms with Gasteiger partial charge >= 0.3 is 6.18 Å². The minimum atomic E-state index is -4.57. The van der Waals surface area contributed by atoms with Gasteiger partial charge in [0.05, 0.1) is 6.54 Å². The Hall–Kier alpha value is -1.15. The third-order valence-electron chi connectivity index (χ3n) is 3.14. The number of aryl methyl sites for hydroxylation is 1. The molecule has 8 heteroatoms. The number of aliphatic hydroxyl groups is 1. The second kappa shape index (κ2) is 4.51. The van der Waals surface area contributed by atoms with Gasteiger partial charge in [-0.15, -0.1) is 10.2 Å². The highest BCUT2D eigenvalue weighted by Crippen LogP contribution is 2.38. The molecule has 102 valence electrons. The number of halogens is 3. The summed E-state index contributed by atoms with van der Waals surface area (Å²) in [4.78, 5) is 1.76. The number of hydrogen-bond acceptors (Lipinski definition) is 5. The molecule has 1 aromatic heterocycles. The highest BCUT2D eigenvalue weighted by atomic mass is 19.4. The van der Waals surface area contributed by atoms with Gasteiger partial charge in [-0.05, 0) is 12.8 Å². The molecular weight excluding hydrogens is 251 g/mol. The predicted octanol–water partition coefficient (Wildman–Crippen LogP) is 1.27. The van der Waals surface area contributed by atoms with E-state index in [0.29, 0.717) is 18.3 Å². The van der Waals surface area contributed by atoms with Crippen LogP contribution >= 0.6 is 0 Å². The average molecular weight is 265 g/mol. The molecule has 0 bridgehead atoms. The standard InChI is InChI=1S/C10H14F3N3O2/c1-7-14-15-8(18-7)6-16-4-2-9(17,3-5-16)10(11,12)13/h17H,2-6H2,1H3. The number of hydrogen-bond donors (Lipinski definition) is 1. The Balaban J connectivity index is 1.91. The molecule has 0 aromatic carbocycles. The van der Waals surface area contributed by atoms with Crippen LogP contribution < -0.4 is 0 Å². The van der Waals surface area contributed by atoms with E-state index in [9.17, 15) is 18.3 Å². The number of aromatic nitrogens is 2. The fraction of sp³-hybridized carbons (Fsp3) is 0.800. The van der Waals surface area contributed by atoms with Crippen LogP contribution in [-0.2, 0) is 6.54 Å². The van der Waals surface area contributed by atoms with Crippen LogP contribution in [0.3, 0.4) is 0 Å². The second-order valence-corrected chi connectivity index (χ2v) is 4.52. The summed E-state index contributed by atoms with van der Waals surface area (Å²) in [6.07, 6.45) is -5.23. The zero-order valence-corrected chi connectivity index (χ0v) is 9.87. The van der Waals surface area contributed by atoms with Crippen molar-refractivity contribution in [2.75, 3.05) is 13.1 Å². The van der Waals surface area contributed by atoms with Gasteiger partial charge in [-0.2, -0.15) is 13.2 Å². The largest absolute Gasteiger partial charge is 0.424 e. The van der Waals surface area contributed by atoms with Gasteiger partial charge in [0, 0.05) is 20.0 Å². The van der Waals surface area contributed by atoms with E-state index in [1.54, 1.807) is 11.8 Å². The fourth-order valence-electron chi connectivity index (χ4n) is 1.96. The zero-order chi connectivity index (χ0) is 13.4. The van der Waals surface area contributed by atoms with Crippen molar-refractivity contribution in [1.29, 1.82) is 0 Å².